The minimum atomic E-state index is -0.333. The first kappa shape index (κ1) is 23.2. The second kappa shape index (κ2) is 9.62. The summed E-state index contributed by atoms with van der Waals surface area (Å²) in [6.07, 6.45) is 2.27. The van der Waals surface area contributed by atoms with Crippen LogP contribution in [0.2, 0.25) is 0 Å². The number of rotatable bonds is 6. The summed E-state index contributed by atoms with van der Waals surface area (Å²) in [6.45, 7) is 8.67. The van der Waals surface area contributed by atoms with Gasteiger partial charge in [-0.2, -0.15) is 0 Å². The van der Waals surface area contributed by atoms with Crippen LogP contribution in [0.15, 0.2) is 47.3 Å². The highest BCUT2D eigenvalue weighted by molar-refractivity contribution is 5.83. The summed E-state index contributed by atoms with van der Waals surface area (Å²) in [6, 6.07) is 13.8. The number of likely N-dealkylation sites (tertiary alicyclic amines) is 1. The molecular weight excluding hydrogens is 440 g/mol. The van der Waals surface area contributed by atoms with Gasteiger partial charge in [0.25, 0.3) is 5.56 Å². The van der Waals surface area contributed by atoms with E-state index in [0.29, 0.717) is 23.9 Å². The summed E-state index contributed by atoms with van der Waals surface area (Å²) in [5.41, 5.74) is 4.80. The lowest BCUT2D eigenvalue weighted by Crippen LogP contribution is -2.41. The number of hydrogen-bond acceptors (Lipinski definition) is 6. The lowest BCUT2D eigenvalue weighted by atomic mass is 9.95. The van der Waals surface area contributed by atoms with Gasteiger partial charge in [-0.3, -0.25) is 9.69 Å². The second-order valence-electron chi connectivity index (χ2n) is 9.71. The Balaban J connectivity index is 1.60. The van der Waals surface area contributed by atoms with Crippen LogP contribution in [-0.4, -0.2) is 50.3 Å². The maximum atomic E-state index is 13.5. The zero-order valence-corrected chi connectivity index (χ0v) is 20.8. The van der Waals surface area contributed by atoms with E-state index in [1.165, 1.54) is 6.42 Å². The summed E-state index contributed by atoms with van der Waals surface area (Å²) in [5, 5.41) is 13.8. The maximum absolute atomic E-state index is 13.5. The molecule has 0 unspecified atom stereocenters. The molecule has 4 aromatic rings. The molecule has 8 heteroatoms. The van der Waals surface area contributed by atoms with Crippen molar-refractivity contribution in [2.45, 2.75) is 46.2 Å². The first-order valence-corrected chi connectivity index (χ1v) is 12.2. The number of nitrogens with zero attached hydrogens (tertiary/aromatic N) is 5. The maximum Gasteiger partial charge on any atom is 0.253 e. The molecule has 3 heterocycles. The van der Waals surface area contributed by atoms with Gasteiger partial charge in [-0.25, -0.2) is 4.68 Å². The van der Waals surface area contributed by atoms with Crippen LogP contribution in [0.4, 0.5) is 0 Å². The standard InChI is InChI=1S/C27H32N6O2/c1-17-6-5-13-32(15-17)25(23-14-21-10-7-18(2)19(3)24(21)28-27(23)34)26-29-30-31-33(26)16-20-8-11-22(35-4)12-9-20/h7-12,14,17,25H,5-6,13,15-16H2,1-4H3,(H,28,34)/t17-,25+/m1/s1. The fourth-order valence-electron chi connectivity index (χ4n) is 5.13. The molecule has 2 aromatic carbocycles. The molecule has 1 aliphatic rings. The van der Waals surface area contributed by atoms with E-state index in [-0.39, 0.29) is 11.6 Å². The third-order valence-corrected chi connectivity index (χ3v) is 7.22. The van der Waals surface area contributed by atoms with E-state index < -0.39 is 0 Å². The normalized spacial score (nSPS) is 17.5. The minimum absolute atomic E-state index is 0.0894. The molecule has 0 amide bonds. The Kier molecular flexibility index (Phi) is 6.38. The largest absolute Gasteiger partial charge is 0.497 e. The molecular formula is C27H32N6O2. The van der Waals surface area contributed by atoms with Crippen LogP contribution in [0.1, 0.15) is 53.9 Å². The summed E-state index contributed by atoms with van der Waals surface area (Å²) in [5.74, 6) is 2.03. The Bertz CT molecular complexity index is 1390. The van der Waals surface area contributed by atoms with Crippen molar-refractivity contribution in [2.24, 2.45) is 5.92 Å². The SMILES string of the molecule is COc1ccc(Cn2nnnc2[C@H](c2cc3ccc(C)c(C)c3[nH]c2=O)N2CCC[C@@H](C)C2)cc1. The predicted octanol–water partition coefficient (Wildman–Crippen LogP) is 4.01. The number of aromatic amines is 1. The second-order valence-corrected chi connectivity index (χ2v) is 9.71. The molecule has 0 spiro atoms. The van der Waals surface area contributed by atoms with Gasteiger partial charge in [-0.15, -0.1) is 5.10 Å². The molecule has 8 nitrogen and oxygen atoms in total. The smallest absolute Gasteiger partial charge is 0.253 e. The van der Waals surface area contributed by atoms with Gasteiger partial charge < -0.3 is 9.72 Å². The van der Waals surface area contributed by atoms with Gasteiger partial charge in [0.05, 0.1) is 19.2 Å². The zero-order valence-electron chi connectivity index (χ0n) is 20.8. The predicted molar refractivity (Wildman–Crippen MR) is 136 cm³/mol. The number of pyridine rings is 1. The van der Waals surface area contributed by atoms with Crippen molar-refractivity contribution in [1.29, 1.82) is 0 Å². The zero-order chi connectivity index (χ0) is 24.5. The first-order valence-electron chi connectivity index (χ1n) is 12.2. The monoisotopic (exact) mass is 472 g/mol. The highest BCUT2D eigenvalue weighted by Gasteiger charge is 2.33. The van der Waals surface area contributed by atoms with Crippen molar-refractivity contribution in [1.82, 2.24) is 30.1 Å². The highest BCUT2D eigenvalue weighted by Crippen LogP contribution is 2.31. The molecule has 1 N–H and O–H groups in total. The number of nitrogens with one attached hydrogen (secondary N) is 1. The van der Waals surface area contributed by atoms with Crippen LogP contribution in [0, 0.1) is 19.8 Å². The van der Waals surface area contributed by atoms with Gasteiger partial charge in [0.2, 0.25) is 0 Å². The molecule has 1 saturated heterocycles. The molecule has 1 fully saturated rings. The van der Waals surface area contributed by atoms with E-state index in [4.69, 9.17) is 4.74 Å². The van der Waals surface area contributed by atoms with E-state index in [1.807, 2.05) is 41.9 Å². The fraction of sp³-hybridized carbons (Fsp3) is 0.407. The van der Waals surface area contributed by atoms with Crippen LogP contribution in [0.25, 0.3) is 10.9 Å². The Morgan fingerprint density at radius 2 is 1.97 bits per heavy atom. The molecule has 2 aromatic heterocycles. The Hall–Kier alpha value is -3.52. The molecule has 0 aliphatic carbocycles. The Morgan fingerprint density at radius 3 is 2.71 bits per heavy atom. The summed E-state index contributed by atoms with van der Waals surface area (Å²) < 4.78 is 7.10. The quantitative estimate of drug-likeness (QED) is 0.456. The number of ether oxygens (including phenoxy) is 1. The molecule has 0 bridgehead atoms. The van der Waals surface area contributed by atoms with E-state index in [9.17, 15) is 4.79 Å². The van der Waals surface area contributed by atoms with Crippen molar-refractivity contribution >= 4 is 10.9 Å². The van der Waals surface area contributed by atoms with Gasteiger partial charge >= 0.3 is 0 Å². The summed E-state index contributed by atoms with van der Waals surface area (Å²) in [4.78, 5) is 19.1. The van der Waals surface area contributed by atoms with Crippen molar-refractivity contribution < 1.29 is 4.74 Å². The lowest BCUT2D eigenvalue weighted by molar-refractivity contribution is 0.141. The number of benzene rings is 2. The topological polar surface area (TPSA) is 88.9 Å². The summed E-state index contributed by atoms with van der Waals surface area (Å²) >= 11 is 0. The van der Waals surface area contributed by atoms with Crippen LogP contribution >= 0.6 is 0 Å². The fourth-order valence-corrected chi connectivity index (χ4v) is 5.13. The van der Waals surface area contributed by atoms with Crippen LogP contribution in [0.5, 0.6) is 5.75 Å². The number of H-pyrrole nitrogens is 1. The third kappa shape index (κ3) is 4.58. The molecule has 35 heavy (non-hydrogen) atoms. The van der Waals surface area contributed by atoms with Crippen molar-refractivity contribution in [2.75, 3.05) is 20.2 Å². The van der Waals surface area contributed by atoms with Gasteiger partial charge in [0.1, 0.15) is 11.8 Å². The molecule has 2 atom stereocenters. The highest BCUT2D eigenvalue weighted by atomic mass is 16.5. The van der Waals surface area contributed by atoms with Gasteiger partial charge in [0.15, 0.2) is 5.82 Å². The Morgan fingerprint density at radius 1 is 1.17 bits per heavy atom. The number of piperidine rings is 1. The van der Waals surface area contributed by atoms with Gasteiger partial charge in [-0.05, 0) is 89.9 Å². The number of tetrazole rings is 1. The molecule has 1 aliphatic heterocycles. The lowest BCUT2D eigenvalue weighted by Gasteiger charge is -2.36. The molecule has 182 valence electrons. The molecule has 5 rings (SSSR count). The average molecular weight is 473 g/mol. The molecule has 0 radical (unpaired) electrons. The van der Waals surface area contributed by atoms with Crippen molar-refractivity contribution in [3.63, 3.8) is 0 Å². The Labute approximate surface area is 204 Å². The van der Waals surface area contributed by atoms with E-state index in [2.05, 4.69) is 51.4 Å². The first-order chi connectivity index (χ1) is 16.9. The van der Waals surface area contributed by atoms with Crippen molar-refractivity contribution in [3.8, 4) is 5.75 Å². The number of aromatic nitrogens is 5. The number of fused-ring (bicyclic) bond motifs is 1. The van der Waals surface area contributed by atoms with E-state index >= 15 is 0 Å². The number of hydrogen-bond donors (Lipinski definition) is 1. The van der Waals surface area contributed by atoms with Crippen LogP contribution in [-0.2, 0) is 6.54 Å². The van der Waals surface area contributed by atoms with Crippen LogP contribution < -0.4 is 10.3 Å². The van der Waals surface area contributed by atoms with E-state index in [1.54, 1.807) is 7.11 Å². The minimum Gasteiger partial charge on any atom is -0.497 e. The van der Waals surface area contributed by atoms with Crippen molar-refractivity contribution in [3.05, 3.63) is 80.9 Å². The van der Waals surface area contributed by atoms with Gasteiger partial charge in [-0.1, -0.05) is 31.2 Å². The van der Waals surface area contributed by atoms with E-state index in [0.717, 1.165) is 52.9 Å². The van der Waals surface area contributed by atoms with Crippen LogP contribution in [0.3, 0.4) is 0 Å². The average Bonchev–Trinajstić information content (AvgIpc) is 3.30. The third-order valence-electron chi connectivity index (χ3n) is 7.22. The number of methoxy groups -OCH3 is 1. The van der Waals surface area contributed by atoms with Gasteiger partial charge in [0, 0.05) is 12.1 Å². The molecule has 0 saturated carbocycles. The summed E-state index contributed by atoms with van der Waals surface area (Å²) in [7, 11) is 1.66. The number of aryl methyl sites for hydroxylation is 2.